The molecule has 0 spiro atoms. The summed E-state index contributed by atoms with van der Waals surface area (Å²) in [5, 5.41) is 18.1. The van der Waals surface area contributed by atoms with Crippen molar-refractivity contribution in [2.75, 3.05) is 23.7 Å². The highest BCUT2D eigenvalue weighted by molar-refractivity contribution is 6.30. The molecule has 2 aromatic heterocycles. The van der Waals surface area contributed by atoms with E-state index in [0.717, 1.165) is 23.2 Å². The van der Waals surface area contributed by atoms with Crippen molar-refractivity contribution in [3.05, 3.63) is 59.9 Å². The first-order valence-electron chi connectivity index (χ1n) is 8.91. The molecule has 7 nitrogen and oxygen atoms in total. The van der Waals surface area contributed by atoms with Gasteiger partial charge in [0.2, 0.25) is 5.91 Å². The van der Waals surface area contributed by atoms with Crippen LogP contribution in [0, 0.1) is 0 Å². The fourth-order valence-electron chi connectivity index (χ4n) is 2.64. The van der Waals surface area contributed by atoms with Gasteiger partial charge in [-0.3, -0.25) is 4.79 Å². The van der Waals surface area contributed by atoms with Gasteiger partial charge in [-0.2, -0.15) is 5.10 Å². The number of carbonyl (C=O) groups excluding carboxylic acids is 1. The minimum absolute atomic E-state index is 0.0308. The largest absolute Gasteiger partial charge is 0.368 e. The van der Waals surface area contributed by atoms with Crippen molar-refractivity contribution in [1.82, 2.24) is 20.5 Å². The van der Waals surface area contributed by atoms with Gasteiger partial charge in [-0.1, -0.05) is 17.7 Å². The van der Waals surface area contributed by atoms with Crippen LogP contribution in [0.25, 0.3) is 11.1 Å². The van der Waals surface area contributed by atoms with Crippen LogP contribution in [0.15, 0.2) is 54.9 Å². The summed E-state index contributed by atoms with van der Waals surface area (Å²) in [6.07, 6.45) is 4.18. The van der Waals surface area contributed by atoms with Crippen molar-refractivity contribution >= 4 is 34.8 Å². The highest BCUT2D eigenvalue weighted by Gasteiger charge is 2.08. The van der Waals surface area contributed by atoms with Crippen molar-refractivity contribution in [2.24, 2.45) is 0 Å². The lowest BCUT2D eigenvalue weighted by molar-refractivity contribution is -0.118. The van der Waals surface area contributed by atoms with E-state index in [9.17, 15) is 4.79 Å². The molecule has 0 aliphatic rings. The third kappa shape index (κ3) is 5.65. The highest BCUT2D eigenvalue weighted by atomic mass is 35.5. The summed E-state index contributed by atoms with van der Waals surface area (Å²) in [6, 6.07) is 13.2. The first-order chi connectivity index (χ1) is 13.6. The molecule has 144 valence electrons. The fourth-order valence-corrected chi connectivity index (χ4v) is 2.83. The van der Waals surface area contributed by atoms with Crippen molar-refractivity contribution in [1.29, 1.82) is 0 Å². The van der Waals surface area contributed by atoms with Crippen LogP contribution in [0.1, 0.15) is 13.3 Å². The molecule has 2 heterocycles. The minimum Gasteiger partial charge on any atom is -0.368 e. The Bertz CT molecular complexity index is 949. The average Bonchev–Trinajstić information content (AvgIpc) is 2.68. The molecule has 0 radical (unpaired) electrons. The predicted octanol–water partition coefficient (Wildman–Crippen LogP) is 3.87. The van der Waals surface area contributed by atoms with Gasteiger partial charge in [0.25, 0.3) is 0 Å². The Morgan fingerprint density at radius 1 is 1.11 bits per heavy atom. The normalized spacial score (nSPS) is 10.4. The summed E-state index contributed by atoms with van der Waals surface area (Å²) in [7, 11) is 0. The SMILES string of the molecule is CC(=O)NCCCNc1nnccc1-c1ccnc(Nc2cccc(Cl)c2)c1. The molecule has 0 saturated heterocycles. The van der Waals surface area contributed by atoms with Crippen LogP contribution in [0.5, 0.6) is 0 Å². The lowest BCUT2D eigenvalue weighted by Crippen LogP contribution is -2.22. The molecule has 0 saturated carbocycles. The molecule has 0 bridgehead atoms. The molecule has 0 aliphatic carbocycles. The Hall–Kier alpha value is -3.19. The third-order valence-electron chi connectivity index (χ3n) is 3.91. The standard InChI is InChI=1S/C20H21ClN6O/c1-14(28)22-8-3-9-24-20-18(7-11-25-27-20)15-6-10-23-19(12-15)26-17-5-2-4-16(21)13-17/h2,4-7,10-13H,3,8-9H2,1H3,(H,22,28)(H,23,26)(H,24,27). The quantitative estimate of drug-likeness (QED) is 0.500. The number of aromatic nitrogens is 3. The van der Waals surface area contributed by atoms with Gasteiger partial charge in [0, 0.05) is 42.5 Å². The van der Waals surface area contributed by atoms with Crippen molar-refractivity contribution in [3.63, 3.8) is 0 Å². The van der Waals surface area contributed by atoms with Crippen molar-refractivity contribution < 1.29 is 4.79 Å². The van der Waals surface area contributed by atoms with E-state index in [2.05, 4.69) is 31.1 Å². The zero-order valence-electron chi connectivity index (χ0n) is 15.4. The number of hydrogen-bond donors (Lipinski definition) is 3. The van der Waals surface area contributed by atoms with E-state index < -0.39 is 0 Å². The number of halogens is 1. The molecule has 8 heteroatoms. The third-order valence-corrected chi connectivity index (χ3v) is 4.14. The lowest BCUT2D eigenvalue weighted by atomic mass is 10.1. The number of pyridine rings is 1. The molecule has 0 atom stereocenters. The Kier molecular flexibility index (Phi) is 6.75. The Balaban J connectivity index is 1.72. The maximum Gasteiger partial charge on any atom is 0.216 e. The van der Waals surface area contributed by atoms with Gasteiger partial charge in [-0.25, -0.2) is 4.98 Å². The molecule has 0 unspecified atom stereocenters. The molecule has 1 aromatic carbocycles. The van der Waals surface area contributed by atoms with Gasteiger partial charge < -0.3 is 16.0 Å². The second-order valence-corrected chi connectivity index (χ2v) is 6.56. The van der Waals surface area contributed by atoms with Gasteiger partial charge in [-0.05, 0) is 48.4 Å². The lowest BCUT2D eigenvalue weighted by Gasteiger charge is -2.12. The number of anilines is 3. The first-order valence-corrected chi connectivity index (χ1v) is 9.28. The number of carbonyl (C=O) groups is 1. The minimum atomic E-state index is -0.0308. The maximum absolute atomic E-state index is 10.9. The van der Waals surface area contributed by atoms with Gasteiger partial charge in [0.15, 0.2) is 5.82 Å². The van der Waals surface area contributed by atoms with Gasteiger partial charge in [0.05, 0.1) is 6.20 Å². The van der Waals surface area contributed by atoms with E-state index in [0.29, 0.717) is 29.7 Å². The van der Waals surface area contributed by atoms with Crippen LogP contribution in [0.4, 0.5) is 17.3 Å². The fraction of sp³-hybridized carbons (Fsp3) is 0.200. The molecule has 0 aliphatic heterocycles. The van der Waals surface area contributed by atoms with Crippen molar-refractivity contribution in [2.45, 2.75) is 13.3 Å². The van der Waals surface area contributed by atoms with Gasteiger partial charge in [0.1, 0.15) is 5.82 Å². The number of nitrogens with zero attached hydrogens (tertiary/aromatic N) is 3. The summed E-state index contributed by atoms with van der Waals surface area (Å²) in [5.41, 5.74) is 2.74. The van der Waals surface area contributed by atoms with Crippen LogP contribution in [0.3, 0.4) is 0 Å². The second kappa shape index (κ2) is 9.66. The van der Waals surface area contributed by atoms with E-state index in [-0.39, 0.29) is 5.91 Å². The Morgan fingerprint density at radius 2 is 2.00 bits per heavy atom. The van der Waals surface area contributed by atoms with Crippen LogP contribution in [-0.2, 0) is 4.79 Å². The molecular formula is C20H21ClN6O. The zero-order valence-corrected chi connectivity index (χ0v) is 16.2. The molecule has 3 N–H and O–H groups in total. The van der Waals surface area contributed by atoms with Crippen LogP contribution >= 0.6 is 11.6 Å². The second-order valence-electron chi connectivity index (χ2n) is 6.12. The summed E-state index contributed by atoms with van der Waals surface area (Å²) in [6.45, 7) is 2.79. The Morgan fingerprint density at radius 3 is 2.82 bits per heavy atom. The Labute approximate surface area is 168 Å². The van der Waals surface area contributed by atoms with E-state index in [4.69, 9.17) is 11.6 Å². The molecule has 1 amide bonds. The molecule has 0 fully saturated rings. The highest BCUT2D eigenvalue weighted by Crippen LogP contribution is 2.28. The van der Waals surface area contributed by atoms with E-state index in [1.54, 1.807) is 12.4 Å². The molecule has 3 rings (SSSR count). The first kappa shape index (κ1) is 19.6. The smallest absolute Gasteiger partial charge is 0.216 e. The van der Waals surface area contributed by atoms with E-state index in [1.165, 1.54) is 6.92 Å². The van der Waals surface area contributed by atoms with Gasteiger partial charge >= 0.3 is 0 Å². The van der Waals surface area contributed by atoms with Crippen LogP contribution in [0.2, 0.25) is 5.02 Å². The van der Waals surface area contributed by atoms with E-state index >= 15 is 0 Å². The van der Waals surface area contributed by atoms with Crippen LogP contribution < -0.4 is 16.0 Å². The zero-order chi connectivity index (χ0) is 19.8. The summed E-state index contributed by atoms with van der Waals surface area (Å²) in [4.78, 5) is 15.3. The molecule has 3 aromatic rings. The van der Waals surface area contributed by atoms with Crippen LogP contribution in [-0.4, -0.2) is 34.2 Å². The summed E-state index contributed by atoms with van der Waals surface area (Å²) >= 11 is 6.04. The summed E-state index contributed by atoms with van der Waals surface area (Å²) < 4.78 is 0. The number of amides is 1. The average molecular weight is 397 g/mol. The number of benzene rings is 1. The number of rotatable bonds is 8. The molecular weight excluding hydrogens is 376 g/mol. The molecule has 28 heavy (non-hydrogen) atoms. The topological polar surface area (TPSA) is 91.8 Å². The van der Waals surface area contributed by atoms with Gasteiger partial charge in [-0.15, -0.1) is 5.10 Å². The summed E-state index contributed by atoms with van der Waals surface area (Å²) in [5.74, 6) is 1.36. The number of hydrogen-bond acceptors (Lipinski definition) is 6. The van der Waals surface area contributed by atoms with Crippen molar-refractivity contribution in [3.8, 4) is 11.1 Å². The van der Waals surface area contributed by atoms with E-state index in [1.807, 2.05) is 42.5 Å². The maximum atomic E-state index is 10.9. The number of nitrogens with one attached hydrogen (secondary N) is 3. The monoisotopic (exact) mass is 396 g/mol. The predicted molar refractivity (Wildman–Crippen MR) is 112 cm³/mol.